The molecule has 1 saturated carbocycles. The molecule has 5 nitrogen and oxygen atoms in total. The van der Waals surface area contributed by atoms with Gasteiger partial charge in [-0.15, -0.1) is 0 Å². The number of aromatic nitrogens is 1. The van der Waals surface area contributed by atoms with E-state index in [1.54, 1.807) is 4.57 Å². The van der Waals surface area contributed by atoms with Gasteiger partial charge in [-0.05, 0) is 61.8 Å². The Bertz CT molecular complexity index is 1090. The van der Waals surface area contributed by atoms with Gasteiger partial charge in [-0.2, -0.15) is 0 Å². The van der Waals surface area contributed by atoms with E-state index in [-0.39, 0.29) is 17.6 Å². The van der Waals surface area contributed by atoms with E-state index in [0.29, 0.717) is 30.5 Å². The van der Waals surface area contributed by atoms with Gasteiger partial charge >= 0.3 is 5.97 Å². The van der Waals surface area contributed by atoms with Crippen LogP contribution in [-0.4, -0.2) is 21.7 Å². The van der Waals surface area contributed by atoms with E-state index in [1.807, 2.05) is 55.6 Å². The third-order valence-electron chi connectivity index (χ3n) is 5.71. The first kappa shape index (κ1) is 19.2. The van der Waals surface area contributed by atoms with Crippen LogP contribution >= 0.6 is 0 Å². The molecule has 2 aromatic carbocycles. The lowest BCUT2D eigenvalue weighted by molar-refractivity contribution is -0.143. The molecule has 1 aliphatic rings. The minimum atomic E-state index is -0.719. The van der Waals surface area contributed by atoms with Crippen LogP contribution in [0, 0.1) is 12.8 Å². The summed E-state index contributed by atoms with van der Waals surface area (Å²) in [7, 11) is 0. The number of carboxylic acids is 1. The van der Waals surface area contributed by atoms with Gasteiger partial charge in [0.1, 0.15) is 5.75 Å². The van der Waals surface area contributed by atoms with Gasteiger partial charge in [0.25, 0.3) is 5.56 Å². The molecule has 1 heterocycles. The van der Waals surface area contributed by atoms with Crippen molar-refractivity contribution in [2.75, 3.05) is 0 Å². The predicted octanol–water partition coefficient (Wildman–Crippen LogP) is 4.38. The summed E-state index contributed by atoms with van der Waals surface area (Å²) in [6.07, 6.45) is 4.55. The summed E-state index contributed by atoms with van der Waals surface area (Å²) in [5.41, 5.74) is 2.22. The standard InChI is InChI=1S/C24H25NO4/c1-16-3-2-4-17(13-16)15-25-12-11-18-5-10-21(14-22(18)23(25)26)29-20-8-6-19(7-9-20)24(27)28/h2-5,10-14,19-20H,6-9,15H2,1H3,(H,27,28). The van der Waals surface area contributed by atoms with E-state index in [0.717, 1.165) is 23.8 Å². The fourth-order valence-corrected chi connectivity index (χ4v) is 4.08. The Morgan fingerprint density at radius 1 is 1.10 bits per heavy atom. The average molecular weight is 391 g/mol. The summed E-state index contributed by atoms with van der Waals surface area (Å²) >= 11 is 0. The van der Waals surface area contributed by atoms with Crippen LogP contribution in [0.4, 0.5) is 0 Å². The van der Waals surface area contributed by atoms with Crippen molar-refractivity contribution in [1.82, 2.24) is 4.57 Å². The zero-order chi connectivity index (χ0) is 20.4. The van der Waals surface area contributed by atoms with E-state index in [2.05, 4.69) is 6.07 Å². The monoisotopic (exact) mass is 391 g/mol. The highest BCUT2D eigenvalue weighted by molar-refractivity contribution is 5.82. The van der Waals surface area contributed by atoms with Crippen molar-refractivity contribution in [3.63, 3.8) is 0 Å². The molecule has 0 aliphatic heterocycles. The van der Waals surface area contributed by atoms with Gasteiger partial charge in [-0.3, -0.25) is 9.59 Å². The number of carboxylic acid groups (broad SMARTS) is 1. The van der Waals surface area contributed by atoms with Crippen molar-refractivity contribution < 1.29 is 14.6 Å². The van der Waals surface area contributed by atoms with Gasteiger partial charge in [0.05, 0.1) is 24.0 Å². The van der Waals surface area contributed by atoms with Crippen LogP contribution in [0.1, 0.15) is 36.8 Å². The second kappa shape index (κ2) is 8.11. The second-order valence-corrected chi connectivity index (χ2v) is 7.92. The van der Waals surface area contributed by atoms with Crippen LogP contribution < -0.4 is 10.3 Å². The van der Waals surface area contributed by atoms with Crippen LogP contribution in [0.2, 0.25) is 0 Å². The first-order valence-corrected chi connectivity index (χ1v) is 10.1. The number of fused-ring (bicyclic) bond motifs is 1. The van der Waals surface area contributed by atoms with Gasteiger partial charge in [0.2, 0.25) is 0 Å². The van der Waals surface area contributed by atoms with E-state index >= 15 is 0 Å². The van der Waals surface area contributed by atoms with Gasteiger partial charge in [0.15, 0.2) is 0 Å². The molecule has 0 saturated heterocycles. The third kappa shape index (κ3) is 4.34. The van der Waals surface area contributed by atoms with Crippen LogP contribution in [0.3, 0.4) is 0 Å². The normalized spacial score (nSPS) is 19.2. The third-order valence-corrected chi connectivity index (χ3v) is 5.71. The van der Waals surface area contributed by atoms with E-state index in [4.69, 9.17) is 9.84 Å². The number of pyridine rings is 1. The van der Waals surface area contributed by atoms with Crippen molar-refractivity contribution >= 4 is 16.7 Å². The SMILES string of the molecule is Cc1cccc(Cn2ccc3ccc(OC4CCC(C(=O)O)CC4)cc3c2=O)c1. The van der Waals surface area contributed by atoms with E-state index in [9.17, 15) is 9.59 Å². The molecule has 1 aliphatic carbocycles. The van der Waals surface area contributed by atoms with Crippen molar-refractivity contribution in [2.24, 2.45) is 5.92 Å². The number of ether oxygens (including phenoxy) is 1. The number of hydrogen-bond donors (Lipinski definition) is 1. The van der Waals surface area contributed by atoms with Crippen LogP contribution in [0.5, 0.6) is 5.75 Å². The summed E-state index contributed by atoms with van der Waals surface area (Å²) < 4.78 is 7.80. The maximum Gasteiger partial charge on any atom is 0.306 e. The largest absolute Gasteiger partial charge is 0.490 e. The maximum atomic E-state index is 13.0. The zero-order valence-corrected chi connectivity index (χ0v) is 16.5. The maximum absolute atomic E-state index is 13.0. The molecule has 3 aromatic rings. The summed E-state index contributed by atoms with van der Waals surface area (Å²) in [5.74, 6) is -0.315. The van der Waals surface area contributed by atoms with Crippen LogP contribution in [-0.2, 0) is 11.3 Å². The molecule has 29 heavy (non-hydrogen) atoms. The molecule has 0 atom stereocenters. The van der Waals surface area contributed by atoms with Crippen LogP contribution in [0.25, 0.3) is 10.8 Å². The van der Waals surface area contributed by atoms with Gasteiger partial charge < -0.3 is 14.4 Å². The number of nitrogens with zero attached hydrogens (tertiary/aromatic N) is 1. The minimum Gasteiger partial charge on any atom is -0.490 e. The van der Waals surface area contributed by atoms with Crippen LogP contribution in [0.15, 0.2) is 59.5 Å². The van der Waals surface area contributed by atoms with Crippen molar-refractivity contribution in [1.29, 1.82) is 0 Å². The highest BCUT2D eigenvalue weighted by Crippen LogP contribution is 2.28. The molecular weight excluding hydrogens is 366 g/mol. The Hall–Kier alpha value is -3.08. The molecule has 0 radical (unpaired) electrons. The average Bonchev–Trinajstić information content (AvgIpc) is 2.71. The minimum absolute atomic E-state index is 0.00119. The Balaban J connectivity index is 1.54. The lowest BCUT2D eigenvalue weighted by Gasteiger charge is -2.26. The Morgan fingerprint density at radius 2 is 1.90 bits per heavy atom. The van der Waals surface area contributed by atoms with Gasteiger partial charge in [-0.1, -0.05) is 35.9 Å². The summed E-state index contributed by atoms with van der Waals surface area (Å²) in [6.45, 7) is 2.57. The molecular formula is C24H25NO4. The Morgan fingerprint density at radius 3 is 2.62 bits per heavy atom. The highest BCUT2D eigenvalue weighted by Gasteiger charge is 2.26. The Kier molecular flexibility index (Phi) is 5.38. The quantitative estimate of drug-likeness (QED) is 0.701. The van der Waals surface area contributed by atoms with Crippen molar-refractivity contribution in [3.8, 4) is 5.75 Å². The predicted molar refractivity (Wildman–Crippen MR) is 112 cm³/mol. The molecule has 0 bridgehead atoms. The Labute approximate surface area is 169 Å². The van der Waals surface area contributed by atoms with Gasteiger partial charge in [-0.25, -0.2) is 0 Å². The number of hydrogen-bond acceptors (Lipinski definition) is 3. The molecule has 150 valence electrons. The lowest BCUT2D eigenvalue weighted by atomic mass is 9.87. The molecule has 0 unspecified atom stereocenters. The molecule has 0 amide bonds. The number of aryl methyl sites for hydroxylation is 1. The first-order valence-electron chi connectivity index (χ1n) is 10.1. The molecule has 1 N–H and O–H groups in total. The number of rotatable bonds is 5. The molecule has 0 spiro atoms. The second-order valence-electron chi connectivity index (χ2n) is 7.92. The number of benzene rings is 2. The van der Waals surface area contributed by atoms with E-state index in [1.165, 1.54) is 5.56 Å². The highest BCUT2D eigenvalue weighted by atomic mass is 16.5. The van der Waals surface area contributed by atoms with Gasteiger partial charge in [0, 0.05) is 6.20 Å². The smallest absolute Gasteiger partial charge is 0.306 e. The first-order chi connectivity index (χ1) is 14.0. The number of carbonyl (C=O) groups is 1. The lowest BCUT2D eigenvalue weighted by Crippen LogP contribution is -2.27. The van der Waals surface area contributed by atoms with Crippen molar-refractivity contribution in [2.45, 2.75) is 45.3 Å². The number of aliphatic carboxylic acids is 1. The summed E-state index contributed by atoms with van der Waals surface area (Å²) in [5, 5.41) is 10.7. The van der Waals surface area contributed by atoms with Crippen molar-refractivity contribution in [3.05, 3.63) is 76.2 Å². The topological polar surface area (TPSA) is 68.5 Å². The molecule has 1 aromatic heterocycles. The fourth-order valence-electron chi connectivity index (χ4n) is 4.08. The molecule has 1 fully saturated rings. The van der Waals surface area contributed by atoms with E-state index < -0.39 is 5.97 Å². The summed E-state index contributed by atoms with van der Waals surface area (Å²) in [6, 6.07) is 15.7. The summed E-state index contributed by atoms with van der Waals surface area (Å²) in [4.78, 5) is 24.1. The molecule has 4 rings (SSSR count). The molecule has 5 heteroatoms. The fraction of sp³-hybridized carbons (Fsp3) is 0.333. The zero-order valence-electron chi connectivity index (χ0n) is 16.5.